The molecule has 1 aromatic heterocycles. The average molecular weight is 362 g/mol. The number of fused-ring (bicyclic) bond motifs is 1. The number of benzene rings is 1. The lowest BCUT2D eigenvalue weighted by Crippen LogP contribution is -2.19. The van der Waals surface area contributed by atoms with Crippen molar-refractivity contribution in [1.82, 2.24) is 0 Å². The molecule has 98 valence electrons. The van der Waals surface area contributed by atoms with Crippen molar-refractivity contribution in [3.63, 3.8) is 0 Å². The van der Waals surface area contributed by atoms with Crippen LogP contribution in [0.2, 0.25) is 4.34 Å². The summed E-state index contributed by atoms with van der Waals surface area (Å²) < 4.78 is 20.3. The summed E-state index contributed by atoms with van der Waals surface area (Å²) in [5.74, 6) is -0.175. The summed E-state index contributed by atoms with van der Waals surface area (Å²) in [4.78, 5) is 12.9. The fourth-order valence-corrected chi connectivity index (χ4v) is 3.74. The van der Waals surface area contributed by atoms with Crippen LogP contribution in [0.3, 0.4) is 0 Å². The number of halogens is 3. The zero-order valence-electron chi connectivity index (χ0n) is 9.45. The van der Waals surface area contributed by atoms with E-state index < -0.39 is 11.9 Å². The van der Waals surface area contributed by atoms with Gasteiger partial charge in [0.1, 0.15) is 22.0 Å². The zero-order valence-corrected chi connectivity index (χ0v) is 12.6. The number of hydrogen-bond donors (Lipinski definition) is 0. The average Bonchev–Trinajstić information content (AvgIpc) is 2.69. The van der Waals surface area contributed by atoms with E-state index in [1.165, 1.54) is 29.5 Å². The van der Waals surface area contributed by atoms with E-state index in [0.717, 1.165) is 9.35 Å². The molecule has 0 saturated carbocycles. The van der Waals surface area contributed by atoms with Crippen molar-refractivity contribution >= 4 is 44.7 Å². The maximum absolute atomic E-state index is 13.2. The van der Waals surface area contributed by atoms with Crippen molar-refractivity contribution in [3.05, 3.63) is 49.3 Å². The molecule has 1 unspecified atom stereocenters. The molecule has 2 nitrogen and oxygen atoms in total. The lowest BCUT2D eigenvalue weighted by Gasteiger charge is -2.24. The first-order valence-corrected chi connectivity index (χ1v) is 7.47. The smallest absolute Gasteiger partial charge is 0.170 e. The number of ketones is 1. The third-order valence-corrected chi connectivity index (χ3v) is 5.43. The first-order chi connectivity index (χ1) is 9.04. The molecule has 1 aliphatic rings. The van der Waals surface area contributed by atoms with Gasteiger partial charge in [0.05, 0.1) is 12.0 Å². The maximum Gasteiger partial charge on any atom is 0.170 e. The van der Waals surface area contributed by atoms with Crippen molar-refractivity contribution in [1.29, 1.82) is 0 Å². The van der Waals surface area contributed by atoms with E-state index in [4.69, 9.17) is 16.3 Å². The van der Waals surface area contributed by atoms with Crippen LogP contribution in [0, 0.1) is 5.82 Å². The van der Waals surface area contributed by atoms with Gasteiger partial charge >= 0.3 is 0 Å². The maximum atomic E-state index is 13.2. The molecule has 0 radical (unpaired) electrons. The molecular weight excluding hydrogens is 355 g/mol. The lowest BCUT2D eigenvalue weighted by molar-refractivity contribution is 0.0853. The van der Waals surface area contributed by atoms with Crippen LogP contribution in [-0.4, -0.2) is 5.78 Å². The molecular formula is C13H7BrClFO2S. The number of carbonyl (C=O) groups is 1. The van der Waals surface area contributed by atoms with E-state index in [-0.39, 0.29) is 12.2 Å². The van der Waals surface area contributed by atoms with Gasteiger partial charge in [-0.15, -0.1) is 11.3 Å². The Kier molecular flexibility index (Phi) is 3.37. The molecule has 0 aliphatic carbocycles. The predicted octanol–water partition coefficient (Wildman–Crippen LogP) is 5.01. The third-order valence-electron chi connectivity index (χ3n) is 2.87. The Morgan fingerprint density at radius 3 is 2.89 bits per heavy atom. The molecule has 0 saturated heterocycles. The summed E-state index contributed by atoms with van der Waals surface area (Å²) in [5.41, 5.74) is 0.430. The van der Waals surface area contributed by atoms with Crippen molar-refractivity contribution in [2.75, 3.05) is 0 Å². The number of ether oxygens (including phenoxy) is 1. The summed E-state index contributed by atoms with van der Waals surface area (Å²) in [7, 11) is 0. The van der Waals surface area contributed by atoms with Gasteiger partial charge in [0.25, 0.3) is 0 Å². The van der Waals surface area contributed by atoms with E-state index in [1.807, 2.05) is 6.07 Å². The Morgan fingerprint density at radius 2 is 2.21 bits per heavy atom. The van der Waals surface area contributed by atoms with Gasteiger partial charge in [-0.2, -0.15) is 0 Å². The highest BCUT2D eigenvalue weighted by atomic mass is 79.9. The summed E-state index contributed by atoms with van der Waals surface area (Å²) in [6.07, 6.45) is -0.169. The number of rotatable bonds is 1. The van der Waals surface area contributed by atoms with Gasteiger partial charge in [0.2, 0.25) is 0 Å². The largest absolute Gasteiger partial charge is 0.484 e. The van der Waals surface area contributed by atoms with Crippen LogP contribution in [0.1, 0.15) is 27.8 Å². The molecule has 1 atom stereocenters. The van der Waals surface area contributed by atoms with E-state index in [1.54, 1.807) is 0 Å². The van der Waals surface area contributed by atoms with Gasteiger partial charge in [-0.3, -0.25) is 4.79 Å². The molecule has 19 heavy (non-hydrogen) atoms. The molecule has 6 heteroatoms. The van der Waals surface area contributed by atoms with Crippen molar-refractivity contribution in [2.45, 2.75) is 12.5 Å². The monoisotopic (exact) mass is 360 g/mol. The molecule has 2 heterocycles. The minimum absolute atomic E-state index is 0.0492. The third kappa shape index (κ3) is 2.42. The highest BCUT2D eigenvalue weighted by molar-refractivity contribution is 9.10. The lowest BCUT2D eigenvalue weighted by atomic mass is 10.00. The second kappa shape index (κ2) is 4.89. The molecule has 1 aliphatic heterocycles. The number of thiophene rings is 1. The quantitative estimate of drug-likeness (QED) is 0.714. The number of carbonyl (C=O) groups excluding carboxylic acids is 1. The Bertz CT molecular complexity index is 651. The van der Waals surface area contributed by atoms with E-state index in [9.17, 15) is 9.18 Å². The molecule has 0 N–H and O–H groups in total. The summed E-state index contributed by atoms with van der Waals surface area (Å²) in [6, 6.07) is 5.79. The summed E-state index contributed by atoms with van der Waals surface area (Å²) in [5, 5.41) is 0. The zero-order chi connectivity index (χ0) is 13.6. The van der Waals surface area contributed by atoms with E-state index in [0.29, 0.717) is 15.6 Å². The fraction of sp³-hybridized carbons (Fsp3) is 0.154. The Balaban J connectivity index is 1.98. The van der Waals surface area contributed by atoms with E-state index in [2.05, 4.69) is 15.9 Å². The van der Waals surface area contributed by atoms with Gasteiger partial charge in [-0.1, -0.05) is 11.6 Å². The first kappa shape index (κ1) is 13.1. The standard InChI is InChI=1S/C13H7BrClFO2S/c14-8-4-12(19-13(8)15)11-5-9(17)7-2-1-6(16)3-10(7)18-11/h1-4,11H,5H2. The summed E-state index contributed by atoms with van der Waals surface area (Å²) in [6.45, 7) is 0. The van der Waals surface area contributed by atoms with Gasteiger partial charge in [0.15, 0.2) is 5.78 Å². The van der Waals surface area contributed by atoms with Crippen LogP contribution in [0.5, 0.6) is 5.75 Å². The van der Waals surface area contributed by atoms with E-state index >= 15 is 0 Å². The number of hydrogen-bond acceptors (Lipinski definition) is 3. The Labute approximate surface area is 126 Å². The SMILES string of the molecule is O=C1CC(c2cc(Br)c(Cl)s2)Oc2cc(F)ccc21. The second-order valence-corrected chi connectivity index (χ2v) is 6.68. The van der Waals surface area contributed by atoms with Crippen LogP contribution in [0.4, 0.5) is 4.39 Å². The van der Waals surface area contributed by atoms with Gasteiger partial charge in [0, 0.05) is 15.4 Å². The van der Waals surface area contributed by atoms with Crippen molar-refractivity contribution in [2.24, 2.45) is 0 Å². The van der Waals surface area contributed by atoms with Crippen LogP contribution < -0.4 is 4.74 Å². The van der Waals surface area contributed by atoms with Crippen LogP contribution >= 0.6 is 38.9 Å². The number of Topliss-reactive ketones (excluding diaryl/α,β-unsaturated/α-hetero) is 1. The van der Waals surface area contributed by atoms with Crippen LogP contribution in [0.15, 0.2) is 28.7 Å². The first-order valence-electron chi connectivity index (χ1n) is 5.49. The second-order valence-electron chi connectivity index (χ2n) is 4.14. The normalized spacial score (nSPS) is 18.1. The minimum Gasteiger partial charge on any atom is -0.484 e. The van der Waals surface area contributed by atoms with Gasteiger partial charge < -0.3 is 4.74 Å². The molecule has 0 fully saturated rings. The molecule has 2 aromatic rings. The summed E-state index contributed by atoms with van der Waals surface area (Å²) >= 11 is 10.7. The topological polar surface area (TPSA) is 26.3 Å². The Hall–Kier alpha value is -0.910. The highest BCUT2D eigenvalue weighted by Crippen LogP contribution is 2.41. The minimum atomic E-state index is -0.419. The van der Waals surface area contributed by atoms with Gasteiger partial charge in [-0.05, 0) is 34.1 Å². The molecule has 0 spiro atoms. The predicted molar refractivity (Wildman–Crippen MR) is 75.7 cm³/mol. The highest BCUT2D eigenvalue weighted by Gasteiger charge is 2.29. The van der Waals surface area contributed by atoms with Crippen molar-refractivity contribution < 1.29 is 13.9 Å². The Morgan fingerprint density at radius 1 is 1.42 bits per heavy atom. The molecule has 1 aromatic carbocycles. The van der Waals surface area contributed by atoms with Crippen LogP contribution in [0.25, 0.3) is 0 Å². The van der Waals surface area contributed by atoms with Gasteiger partial charge in [-0.25, -0.2) is 4.39 Å². The van der Waals surface area contributed by atoms with Crippen LogP contribution in [-0.2, 0) is 0 Å². The fourth-order valence-electron chi connectivity index (χ4n) is 1.98. The molecule has 3 rings (SSSR count). The van der Waals surface area contributed by atoms with Crippen molar-refractivity contribution in [3.8, 4) is 5.75 Å². The molecule has 0 bridgehead atoms. The molecule has 0 amide bonds.